The monoisotopic (exact) mass is 242 g/mol. The van der Waals surface area contributed by atoms with Gasteiger partial charge in [-0.25, -0.2) is 4.98 Å². The first-order valence-corrected chi connectivity index (χ1v) is 6.57. The van der Waals surface area contributed by atoms with Crippen molar-refractivity contribution < 1.29 is 4.74 Å². The van der Waals surface area contributed by atoms with E-state index in [1.807, 2.05) is 24.3 Å². The van der Waals surface area contributed by atoms with Crippen molar-refractivity contribution in [1.29, 1.82) is 0 Å². The van der Waals surface area contributed by atoms with Gasteiger partial charge in [-0.2, -0.15) is 0 Å². The average Bonchev–Trinajstić information content (AvgIpc) is 2.92. The number of hydrogen-bond acceptors (Lipinski definition) is 3. The van der Waals surface area contributed by atoms with Crippen LogP contribution in [-0.2, 0) is 4.74 Å². The summed E-state index contributed by atoms with van der Waals surface area (Å²) in [6, 6.07) is 12.6. The molecule has 0 spiro atoms. The van der Waals surface area contributed by atoms with Crippen LogP contribution in [0.15, 0.2) is 36.4 Å². The Morgan fingerprint density at radius 2 is 2.17 bits per heavy atom. The van der Waals surface area contributed by atoms with Gasteiger partial charge in [-0.3, -0.25) is 0 Å². The predicted molar refractivity (Wildman–Crippen MR) is 73.8 cm³/mol. The summed E-state index contributed by atoms with van der Waals surface area (Å²) in [7, 11) is 0. The molecule has 1 fully saturated rings. The minimum Gasteiger partial charge on any atom is -0.376 e. The molecule has 0 bridgehead atoms. The average molecular weight is 242 g/mol. The molecule has 0 aliphatic carbocycles. The van der Waals surface area contributed by atoms with Crippen molar-refractivity contribution >= 4 is 16.7 Å². The van der Waals surface area contributed by atoms with Crippen LogP contribution in [0.4, 0.5) is 5.82 Å². The van der Waals surface area contributed by atoms with Crippen LogP contribution >= 0.6 is 0 Å². The molecule has 0 amide bonds. The first-order chi connectivity index (χ1) is 8.83. The first-order valence-electron chi connectivity index (χ1n) is 6.57. The standard InChI is InChI=1S/C15H18N2O/c1-11(14-7-4-10-18-14)16-15-9-8-12-5-2-3-6-13(12)17-15/h2-3,5-6,8-9,11,14H,4,7,10H2,1H3,(H,16,17). The Morgan fingerprint density at radius 1 is 1.28 bits per heavy atom. The summed E-state index contributed by atoms with van der Waals surface area (Å²) >= 11 is 0. The van der Waals surface area contributed by atoms with Gasteiger partial charge in [-0.15, -0.1) is 0 Å². The lowest BCUT2D eigenvalue weighted by atomic mass is 10.1. The third-order valence-electron chi connectivity index (χ3n) is 3.50. The minimum atomic E-state index is 0.307. The SMILES string of the molecule is CC(Nc1ccc2ccccc2n1)C1CCCO1. The van der Waals surface area contributed by atoms with Gasteiger partial charge in [0.1, 0.15) is 5.82 Å². The quantitative estimate of drug-likeness (QED) is 0.897. The number of nitrogens with one attached hydrogen (secondary N) is 1. The van der Waals surface area contributed by atoms with E-state index in [1.54, 1.807) is 0 Å². The van der Waals surface area contributed by atoms with Crippen LogP contribution in [0.1, 0.15) is 19.8 Å². The van der Waals surface area contributed by atoms with Crippen LogP contribution in [-0.4, -0.2) is 23.7 Å². The van der Waals surface area contributed by atoms with Crippen molar-refractivity contribution in [2.45, 2.75) is 31.9 Å². The molecule has 94 valence electrons. The Kier molecular flexibility index (Phi) is 3.15. The highest BCUT2D eigenvalue weighted by molar-refractivity contribution is 5.80. The van der Waals surface area contributed by atoms with E-state index >= 15 is 0 Å². The number of aromatic nitrogens is 1. The fourth-order valence-corrected chi connectivity index (χ4v) is 2.47. The van der Waals surface area contributed by atoms with Crippen molar-refractivity contribution in [3.05, 3.63) is 36.4 Å². The number of pyridine rings is 1. The van der Waals surface area contributed by atoms with Crippen molar-refractivity contribution in [3.8, 4) is 0 Å². The molecule has 2 aromatic rings. The zero-order chi connectivity index (χ0) is 12.4. The number of anilines is 1. The molecule has 2 unspecified atom stereocenters. The maximum atomic E-state index is 5.68. The van der Waals surface area contributed by atoms with E-state index in [0.29, 0.717) is 12.1 Å². The van der Waals surface area contributed by atoms with Crippen molar-refractivity contribution in [2.75, 3.05) is 11.9 Å². The molecule has 1 saturated heterocycles. The van der Waals surface area contributed by atoms with E-state index in [0.717, 1.165) is 24.4 Å². The van der Waals surface area contributed by atoms with Crippen LogP contribution in [0, 0.1) is 0 Å². The summed E-state index contributed by atoms with van der Waals surface area (Å²) in [6.45, 7) is 3.05. The molecule has 3 heteroatoms. The summed E-state index contributed by atoms with van der Waals surface area (Å²) < 4.78 is 5.68. The molecule has 18 heavy (non-hydrogen) atoms. The van der Waals surface area contributed by atoms with Crippen LogP contribution in [0.5, 0.6) is 0 Å². The Balaban J connectivity index is 1.77. The number of para-hydroxylation sites is 1. The van der Waals surface area contributed by atoms with Gasteiger partial charge in [-0.1, -0.05) is 18.2 Å². The topological polar surface area (TPSA) is 34.2 Å². The van der Waals surface area contributed by atoms with E-state index < -0.39 is 0 Å². The normalized spacial score (nSPS) is 21.1. The fourth-order valence-electron chi connectivity index (χ4n) is 2.47. The number of hydrogen-bond donors (Lipinski definition) is 1. The number of nitrogens with zero attached hydrogens (tertiary/aromatic N) is 1. The zero-order valence-corrected chi connectivity index (χ0v) is 10.6. The summed E-state index contributed by atoms with van der Waals surface area (Å²) in [4.78, 5) is 4.62. The van der Waals surface area contributed by atoms with Gasteiger partial charge in [0.05, 0.1) is 17.7 Å². The van der Waals surface area contributed by atoms with Gasteiger partial charge in [0.2, 0.25) is 0 Å². The van der Waals surface area contributed by atoms with E-state index in [1.165, 1.54) is 11.8 Å². The molecule has 3 nitrogen and oxygen atoms in total. The smallest absolute Gasteiger partial charge is 0.126 e. The lowest BCUT2D eigenvalue weighted by Gasteiger charge is -2.20. The highest BCUT2D eigenvalue weighted by Crippen LogP contribution is 2.20. The van der Waals surface area contributed by atoms with Crippen molar-refractivity contribution in [3.63, 3.8) is 0 Å². The maximum Gasteiger partial charge on any atom is 0.126 e. The maximum absolute atomic E-state index is 5.68. The molecular weight excluding hydrogens is 224 g/mol. The molecule has 0 saturated carbocycles. The van der Waals surface area contributed by atoms with Crippen LogP contribution < -0.4 is 5.32 Å². The first kappa shape index (κ1) is 11.5. The number of benzene rings is 1. The third-order valence-corrected chi connectivity index (χ3v) is 3.50. The van der Waals surface area contributed by atoms with E-state index in [9.17, 15) is 0 Å². The van der Waals surface area contributed by atoms with Gasteiger partial charge in [0.25, 0.3) is 0 Å². The fraction of sp³-hybridized carbons (Fsp3) is 0.400. The molecule has 2 heterocycles. The second-order valence-corrected chi connectivity index (χ2v) is 4.87. The van der Waals surface area contributed by atoms with Gasteiger partial charge < -0.3 is 10.1 Å². The minimum absolute atomic E-state index is 0.307. The second kappa shape index (κ2) is 4.94. The summed E-state index contributed by atoms with van der Waals surface area (Å²) in [6.07, 6.45) is 2.63. The van der Waals surface area contributed by atoms with Crippen molar-refractivity contribution in [2.24, 2.45) is 0 Å². The van der Waals surface area contributed by atoms with Crippen LogP contribution in [0.2, 0.25) is 0 Å². The van der Waals surface area contributed by atoms with Gasteiger partial charge in [0.15, 0.2) is 0 Å². The molecule has 3 rings (SSSR count). The molecule has 1 aliphatic heterocycles. The summed E-state index contributed by atoms with van der Waals surface area (Å²) in [5.74, 6) is 0.928. The van der Waals surface area contributed by atoms with Crippen molar-refractivity contribution in [1.82, 2.24) is 4.98 Å². The molecule has 1 aromatic heterocycles. The predicted octanol–water partition coefficient (Wildman–Crippen LogP) is 3.21. The largest absolute Gasteiger partial charge is 0.376 e. The molecule has 1 N–H and O–H groups in total. The Morgan fingerprint density at radius 3 is 3.00 bits per heavy atom. The van der Waals surface area contributed by atoms with Gasteiger partial charge >= 0.3 is 0 Å². The Labute approximate surface area is 107 Å². The number of ether oxygens (including phenoxy) is 1. The molecule has 2 atom stereocenters. The third kappa shape index (κ3) is 2.31. The zero-order valence-electron chi connectivity index (χ0n) is 10.6. The van der Waals surface area contributed by atoms with E-state index in [-0.39, 0.29) is 0 Å². The number of rotatable bonds is 3. The van der Waals surface area contributed by atoms with Crippen LogP contribution in [0.3, 0.4) is 0 Å². The molecule has 1 aromatic carbocycles. The Hall–Kier alpha value is -1.61. The van der Waals surface area contributed by atoms with Gasteiger partial charge in [-0.05, 0) is 38.0 Å². The second-order valence-electron chi connectivity index (χ2n) is 4.87. The molecule has 1 aliphatic rings. The lowest BCUT2D eigenvalue weighted by molar-refractivity contribution is 0.0996. The highest BCUT2D eigenvalue weighted by atomic mass is 16.5. The molecule has 0 radical (unpaired) electrons. The summed E-state index contributed by atoms with van der Waals surface area (Å²) in [5, 5.41) is 4.61. The number of fused-ring (bicyclic) bond motifs is 1. The Bertz CT molecular complexity index is 535. The van der Waals surface area contributed by atoms with E-state index in [2.05, 4.69) is 29.4 Å². The lowest BCUT2D eigenvalue weighted by Crippen LogP contribution is -2.30. The van der Waals surface area contributed by atoms with Gasteiger partial charge in [0, 0.05) is 12.0 Å². The molecular formula is C15H18N2O. The summed E-state index contributed by atoms with van der Waals surface area (Å²) in [5.41, 5.74) is 1.03. The van der Waals surface area contributed by atoms with Crippen LogP contribution in [0.25, 0.3) is 10.9 Å². The highest BCUT2D eigenvalue weighted by Gasteiger charge is 2.22. The van der Waals surface area contributed by atoms with E-state index in [4.69, 9.17) is 4.74 Å².